The van der Waals surface area contributed by atoms with E-state index in [-0.39, 0.29) is 0 Å². The van der Waals surface area contributed by atoms with Crippen LogP contribution >= 0.6 is 0 Å². The standard InChI is InChI=1S/C21H23N5O5/c27-13-16-19(29)18(20(31-16)26-10-7-17(28)24-21(26)30)25(11-14-5-1-3-8-22-14)12-15-6-2-4-9-23-15/h1-10,16,18-20,27,29H,11-13H2,(H,24,28,30). The number of aliphatic hydroxyl groups excluding tert-OH is 2. The van der Waals surface area contributed by atoms with Crippen molar-refractivity contribution >= 4 is 0 Å². The number of nitrogens with one attached hydrogen (secondary N) is 1. The predicted molar refractivity (Wildman–Crippen MR) is 110 cm³/mol. The summed E-state index contributed by atoms with van der Waals surface area (Å²) in [6, 6.07) is 11.6. The van der Waals surface area contributed by atoms with E-state index >= 15 is 0 Å². The maximum atomic E-state index is 12.5. The van der Waals surface area contributed by atoms with Crippen LogP contribution in [0.3, 0.4) is 0 Å². The SMILES string of the molecule is O=c1ccn(C2OC(CO)C(O)C2N(Cc2ccccn2)Cc2ccccn2)c(=O)[nH]1. The molecule has 3 aromatic rings. The molecule has 3 aromatic heterocycles. The van der Waals surface area contributed by atoms with E-state index < -0.39 is 42.3 Å². The Kier molecular flexibility index (Phi) is 6.33. The van der Waals surface area contributed by atoms with E-state index in [9.17, 15) is 19.8 Å². The van der Waals surface area contributed by atoms with Gasteiger partial charge in [-0.1, -0.05) is 12.1 Å². The Morgan fingerprint density at radius 2 is 1.68 bits per heavy atom. The number of nitrogens with zero attached hydrogens (tertiary/aromatic N) is 4. The molecule has 0 radical (unpaired) electrons. The van der Waals surface area contributed by atoms with Crippen molar-refractivity contribution in [2.75, 3.05) is 6.61 Å². The quantitative estimate of drug-likeness (QED) is 0.468. The van der Waals surface area contributed by atoms with Crippen molar-refractivity contribution in [3.8, 4) is 0 Å². The fourth-order valence-electron chi connectivity index (χ4n) is 3.80. The number of hydrogen-bond donors (Lipinski definition) is 3. The summed E-state index contributed by atoms with van der Waals surface area (Å²) in [7, 11) is 0. The second-order valence-electron chi connectivity index (χ2n) is 7.29. The molecule has 0 spiro atoms. The molecule has 4 atom stereocenters. The Morgan fingerprint density at radius 3 is 2.19 bits per heavy atom. The Bertz CT molecular complexity index is 1060. The summed E-state index contributed by atoms with van der Waals surface area (Å²) in [5.74, 6) is 0. The van der Waals surface area contributed by atoms with Crippen LogP contribution in [-0.2, 0) is 17.8 Å². The van der Waals surface area contributed by atoms with Crippen molar-refractivity contribution in [1.29, 1.82) is 0 Å². The molecule has 1 fully saturated rings. The monoisotopic (exact) mass is 425 g/mol. The lowest BCUT2D eigenvalue weighted by Crippen LogP contribution is -2.48. The second kappa shape index (κ2) is 9.31. The van der Waals surface area contributed by atoms with Crippen LogP contribution in [0.15, 0.2) is 70.6 Å². The molecule has 31 heavy (non-hydrogen) atoms. The summed E-state index contributed by atoms with van der Waals surface area (Å²) in [5.41, 5.74) is 0.314. The molecule has 10 nitrogen and oxygen atoms in total. The molecule has 4 heterocycles. The van der Waals surface area contributed by atoms with Gasteiger partial charge in [0.1, 0.15) is 12.2 Å². The van der Waals surface area contributed by atoms with E-state index in [1.165, 1.54) is 16.8 Å². The van der Waals surface area contributed by atoms with Gasteiger partial charge in [0.15, 0.2) is 6.23 Å². The first-order valence-corrected chi connectivity index (χ1v) is 9.86. The Balaban J connectivity index is 1.74. The number of aromatic amines is 1. The summed E-state index contributed by atoms with van der Waals surface area (Å²) in [6.07, 6.45) is 1.74. The van der Waals surface area contributed by atoms with E-state index in [4.69, 9.17) is 4.74 Å². The lowest BCUT2D eigenvalue weighted by atomic mass is 10.0. The molecule has 10 heteroatoms. The first-order valence-electron chi connectivity index (χ1n) is 9.86. The third kappa shape index (κ3) is 4.62. The molecule has 0 aliphatic carbocycles. The summed E-state index contributed by atoms with van der Waals surface area (Å²) in [4.78, 5) is 36.8. The van der Waals surface area contributed by atoms with E-state index in [1.54, 1.807) is 12.4 Å². The van der Waals surface area contributed by atoms with Gasteiger partial charge in [-0.2, -0.15) is 0 Å². The molecular formula is C21H23N5O5. The van der Waals surface area contributed by atoms with Crippen LogP contribution < -0.4 is 11.2 Å². The van der Waals surface area contributed by atoms with E-state index in [1.807, 2.05) is 41.3 Å². The normalized spacial score (nSPS) is 23.3. The molecule has 0 amide bonds. The van der Waals surface area contributed by atoms with E-state index in [0.29, 0.717) is 13.1 Å². The number of aromatic nitrogens is 4. The molecule has 1 aliphatic heterocycles. The van der Waals surface area contributed by atoms with Crippen molar-refractivity contribution < 1.29 is 14.9 Å². The fourth-order valence-corrected chi connectivity index (χ4v) is 3.80. The number of hydrogen-bond acceptors (Lipinski definition) is 8. The summed E-state index contributed by atoms with van der Waals surface area (Å²) >= 11 is 0. The van der Waals surface area contributed by atoms with Crippen molar-refractivity contribution in [2.24, 2.45) is 0 Å². The topological polar surface area (TPSA) is 134 Å². The van der Waals surface area contributed by atoms with Crippen molar-refractivity contribution in [3.63, 3.8) is 0 Å². The molecule has 1 saturated heterocycles. The zero-order chi connectivity index (χ0) is 21.8. The average Bonchev–Trinajstić information content (AvgIpc) is 3.10. The van der Waals surface area contributed by atoms with Gasteiger partial charge in [-0.05, 0) is 24.3 Å². The largest absolute Gasteiger partial charge is 0.394 e. The molecule has 0 bridgehead atoms. The van der Waals surface area contributed by atoms with Crippen LogP contribution in [0, 0.1) is 0 Å². The van der Waals surface area contributed by atoms with Crippen LogP contribution in [-0.4, -0.2) is 59.5 Å². The molecule has 0 saturated carbocycles. The zero-order valence-electron chi connectivity index (χ0n) is 16.6. The van der Waals surface area contributed by atoms with E-state index in [2.05, 4.69) is 15.0 Å². The number of aliphatic hydroxyl groups is 2. The van der Waals surface area contributed by atoms with Crippen molar-refractivity contribution in [3.05, 3.63) is 93.3 Å². The molecular weight excluding hydrogens is 402 g/mol. The Morgan fingerprint density at radius 1 is 1.03 bits per heavy atom. The molecule has 4 unspecified atom stereocenters. The van der Waals surface area contributed by atoms with Gasteiger partial charge in [-0.3, -0.25) is 29.2 Å². The van der Waals surface area contributed by atoms with Crippen LogP contribution in [0.4, 0.5) is 0 Å². The number of ether oxygens (including phenoxy) is 1. The van der Waals surface area contributed by atoms with Crippen LogP contribution in [0.5, 0.6) is 0 Å². The van der Waals surface area contributed by atoms with Crippen LogP contribution in [0.25, 0.3) is 0 Å². The van der Waals surface area contributed by atoms with Gasteiger partial charge < -0.3 is 14.9 Å². The number of pyridine rings is 2. The van der Waals surface area contributed by atoms with Gasteiger partial charge in [-0.15, -0.1) is 0 Å². The van der Waals surface area contributed by atoms with Gasteiger partial charge in [-0.25, -0.2) is 4.79 Å². The number of rotatable bonds is 7. The highest BCUT2D eigenvalue weighted by atomic mass is 16.5. The van der Waals surface area contributed by atoms with Gasteiger partial charge in [0.25, 0.3) is 5.56 Å². The van der Waals surface area contributed by atoms with Gasteiger partial charge in [0.05, 0.1) is 24.0 Å². The minimum absolute atomic E-state index is 0.343. The summed E-state index contributed by atoms with van der Waals surface area (Å²) in [6.45, 7) is 0.262. The maximum Gasteiger partial charge on any atom is 0.330 e. The van der Waals surface area contributed by atoms with E-state index in [0.717, 1.165) is 11.4 Å². The highest BCUT2D eigenvalue weighted by molar-refractivity contribution is 5.09. The maximum absolute atomic E-state index is 12.5. The summed E-state index contributed by atoms with van der Waals surface area (Å²) in [5, 5.41) is 20.7. The fraction of sp³-hybridized carbons (Fsp3) is 0.333. The molecule has 4 rings (SSSR count). The smallest absolute Gasteiger partial charge is 0.330 e. The molecule has 3 N–H and O–H groups in total. The van der Waals surface area contributed by atoms with Crippen LogP contribution in [0.1, 0.15) is 17.6 Å². The van der Waals surface area contributed by atoms with Crippen molar-refractivity contribution in [2.45, 2.75) is 37.6 Å². The lowest BCUT2D eigenvalue weighted by molar-refractivity contribution is -0.0514. The van der Waals surface area contributed by atoms with Gasteiger partial charge in [0.2, 0.25) is 0 Å². The first-order chi connectivity index (χ1) is 15.1. The third-order valence-corrected chi connectivity index (χ3v) is 5.25. The first kappa shape index (κ1) is 21.1. The lowest BCUT2D eigenvalue weighted by Gasteiger charge is -2.33. The zero-order valence-corrected chi connectivity index (χ0v) is 16.6. The minimum Gasteiger partial charge on any atom is -0.394 e. The highest BCUT2D eigenvalue weighted by Crippen LogP contribution is 2.33. The Hall–Kier alpha value is -3.18. The predicted octanol–water partition coefficient (Wildman–Crippen LogP) is -0.352. The minimum atomic E-state index is -1.10. The van der Waals surface area contributed by atoms with Crippen LogP contribution in [0.2, 0.25) is 0 Å². The third-order valence-electron chi connectivity index (χ3n) is 5.25. The Labute approximate surface area is 177 Å². The van der Waals surface area contributed by atoms with Gasteiger partial charge >= 0.3 is 5.69 Å². The average molecular weight is 425 g/mol. The molecule has 1 aliphatic rings. The summed E-state index contributed by atoms with van der Waals surface area (Å²) < 4.78 is 7.07. The van der Waals surface area contributed by atoms with Crippen molar-refractivity contribution in [1.82, 2.24) is 24.4 Å². The number of H-pyrrole nitrogens is 1. The molecule has 0 aromatic carbocycles. The molecule has 162 valence electrons. The second-order valence-corrected chi connectivity index (χ2v) is 7.29. The highest BCUT2D eigenvalue weighted by Gasteiger charge is 2.47. The van der Waals surface area contributed by atoms with Gasteiger partial charge in [0, 0.05) is 37.7 Å².